The SMILES string of the molecule is Cc1c(-c2ccccc2)nc2cc(C(F)(F)F)ccn12.O=CN1C(Cn2ccc(-c3ccc(F)cc3)n2)CCC[C@@H]2CC21. The summed E-state index contributed by atoms with van der Waals surface area (Å²) in [6.45, 7) is 2.57. The van der Waals surface area contributed by atoms with E-state index >= 15 is 0 Å². The van der Waals surface area contributed by atoms with E-state index in [1.165, 1.54) is 31.2 Å². The lowest BCUT2D eigenvalue weighted by Crippen LogP contribution is -2.38. The van der Waals surface area contributed by atoms with E-state index in [0.717, 1.165) is 66.4 Å². The van der Waals surface area contributed by atoms with Crippen molar-refractivity contribution >= 4 is 12.1 Å². The van der Waals surface area contributed by atoms with Crippen LogP contribution < -0.4 is 0 Å². The van der Waals surface area contributed by atoms with Gasteiger partial charge in [-0.05, 0) is 74.6 Å². The van der Waals surface area contributed by atoms with Crippen LogP contribution in [-0.4, -0.2) is 42.6 Å². The van der Waals surface area contributed by atoms with Crippen molar-refractivity contribution in [2.24, 2.45) is 5.92 Å². The number of hydrogen-bond acceptors (Lipinski definition) is 3. The molecule has 2 fully saturated rings. The van der Waals surface area contributed by atoms with Crippen LogP contribution in [0.2, 0.25) is 0 Å². The van der Waals surface area contributed by atoms with Crippen LogP contribution in [0.3, 0.4) is 0 Å². The Morgan fingerprint density at radius 1 is 0.953 bits per heavy atom. The second-order valence-corrected chi connectivity index (χ2v) is 11.2. The largest absolute Gasteiger partial charge is 0.416 e. The molecule has 2 unspecified atom stereocenters. The summed E-state index contributed by atoms with van der Waals surface area (Å²) < 4.78 is 54.7. The van der Waals surface area contributed by atoms with E-state index in [2.05, 4.69) is 10.1 Å². The minimum Gasteiger partial charge on any atom is -0.337 e. The number of fused-ring (bicyclic) bond motifs is 2. The summed E-state index contributed by atoms with van der Waals surface area (Å²) in [6.07, 6.45) is 4.64. The predicted octanol–water partition coefficient (Wildman–Crippen LogP) is 7.42. The average Bonchev–Trinajstić information content (AvgIpc) is 3.51. The van der Waals surface area contributed by atoms with E-state index in [1.54, 1.807) is 16.5 Å². The van der Waals surface area contributed by atoms with Crippen LogP contribution in [0.4, 0.5) is 17.6 Å². The van der Waals surface area contributed by atoms with E-state index in [9.17, 15) is 22.4 Å². The summed E-state index contributed by atoms with van der Waals surface area (Å²) in [5.74, 6) is 0.477. The number of rotatable bonds is 5. The molecule has 6 nitrogen and oxygen atoms in total. The van der Waals surface area contributed by atoms with Crippen molar-refractivity contribution in [3.63, 3.8) is 0 Å². The van der Waals surface area contributed by atoms with Gasteiger partial charge in [-0.2, -0.15) is 18.3 Å². The zero-order valence-electron chi connectivity index (χ0n) is 23.6. The Balaban J connectivity index is 0.000000155. The molecule has 1 amide bonds. The Kier molecular flexibility index (Phi) is 7.77. The number of amides is 1. The van der Waals surface area contributed by atoms with Crippen molar-refractivity contribution < 1.29 is 22.4 Å². The van der Waals surface area contributed by atoms with Crippen molar-refractivity contribution in [2.75, 3.05) is 0 Å². The summed E-state index contributed by atoms with van der Waals surface area (Å²) in [6, 6.07) is 20.5. The Morgan fingerprint density at radius 3 is 2.44 bits per heavy atom. The molecule has 222 valence electrons. The number of pyridine rings is 1. The van der Waals surface area contributed by atoms with E-state index in [0.29, 0.717) is 17.4 Å². The number of aromatic nitrogens is 4. The Labute approximate surface area is 246 Å². The average molecular weight is 590 g/mol. The van der Waals surface area contributed by atoms with Crippen molar-refractivity contribution in [3.05, 3.63) is 102 Å². The van der Waals surface area contributed by atoms with Crippen LogP contribution in [0.25, 0.3) is 28.2 Å². The predicted molar refractivity (Wildman–Crippen MR) is 155 cm³/mol. The fourth-order valence-corrected chi connectivity index (χ4v) is 5.96. The molecule has 1 aliphatic carbocycles. The fourth-order valence-electron chi connectivity index (χ4n) is 5.96. The molecule has 1 aliphatic heterocycles. The molecule has 2 aliphatic rings. The Morgan fingerprint density at radius 2 is 1.72 bits per heavy atom. The molecular weight excluding hydrogens is 558 g/mol. The molecule has 0 N–H and O–H groups in total. The van der Waals surface area contributed by atoms with Gasteiger partial charge >= 0.3 is 6.18 Å². The third-order valence-electron chi connectivity index (χ3n) is 8.34. The van der Waals surface area contributed by atoms with E-state index in [-0.39, 0.29) is 11.9 Å². The minimum absolute atomic E-state index is 0.228. The molecule has 7 rings (SSSR count). The Hall–Kier alpha value is -4.47. The number of benzene rings is 2. The number of carbonyl (C=O) groups excluding carboxylic acids is 1. The van der Waals surface area contributed by atoms with Gasteiger partial charge in [0.25, 0.3) is 0 Å². The number of hydrogen-bond donors (Lipinski definition) is 0. The van der Waals surface area contributed by atoms with Crippen molar-refractivity contribution in [2.45, 2.75) is 57.4 Å². The van der Waals surface area contributed by atoms with Crippen LogP contribution in [0.5, 0.6) is 0 Å². The quantitative estimate of drug-likeness (QED) is 0.158. The summed E-state index contributed by atoms with van der Waals surface area (Å²) in [5.41, 5.74) is 3.76. The molecule has 1 saturated carbocycles. The first-order chi connectivity index (χ1) is 20.7. The van der Waals surface area contributed by atoms with Gasteiger partial charge in [0.2, 0.25) is 6.41 Å². The number of likely N-dealkylation sites (tertiary alicyclic amines) is 1. The summed E-state index contributed by atoms with van der Waals surface area (Å²) in [5, 5.41) is 4.59. The van der Waals surface area contributed by atoms with Crippen molar-refractivity contribution in [1.29, 1.82) is 0 Å². The number of aryl methyl sites for hydroxylation is 1. The fraction of sp³-hybridized carbons (Fsp3) is 0.303. The van der Waals surface area contributed by atoms with Gasteiger partial charge < -0.3 is 9.30 Å². The molecule has 0 radical (unpaired) electrons. The highest BCUT2D eigenvalue weighted by Crippen LogP contribution is 2.43. The van der Waals surface area contributed by atoms with Crippen LogP contribution in [0.1, 0.15) is 36.9 Å². The lowest BCUT2D eigenvalue weighted by Gasteiger charge is -2.27. The van der Waals surface area contributed by atoms with Gasteiger partial charge in [0.05, 0.1) is 29.5 Å². The monoisotopic (exact) mass is 589 g/mol. The second kappa shape index (κ2) is 11.7. The maximum atomic E-state index is 13.0. The molecule has 0 spiro atoms. The number of nitrogens with zero attached hydrogens (tertiary/aromatic N) is 5. The molecule has 4 heterocycles. The summed E-state index contributed by atoms with van der Waals surface area (Å²) >= 11 is 0. The molecule has 1 saturated heterocycles. The summed E-state index contributed by atoms with van der Waals surface area (Å²) in [7, 11) is 0. The highest BCUT2D eigenvalue weighted by Gasteiger charge is 2.45. The third-order valence-corrected chi connectivity index (χ3v) is 8.34. The minimum atomic E-state index is -4.35. The standard InChI is InChI=1S/C18H20FN3O.C15H11F3N2/c19-15-6-4-13(5-7-15)17-8-9-21(20-17)11-16-3-1-2-14-10-18(14)22(16)12-23;1-10-14(11-5-3-2-4-6-11)19-13-9-12(15(16,17)18)7-8-20(10)13/h4-9,12,14,16,18H,1-3,10-11H2;2-9H,1H3/t14-,16?,18?;/m1./s1. The van der Waals surface area contributed by atoms with Gasteiger partial charge in [0.15, 0.2) is 0 Å². The molecule has 0 bridgehead atoms. The molecular formula is C33H31F4N5O. The zero-order chi connectivity index (χ0) is 30.1. The maximum Gasteiger partial charge on any atom is 0.416 e. The van der Waals surface area contributed by atoms with Crippen LogP contribution in [-0.2, 0) is 17.5 Å². The van der Waals surface area contributed by atoms with Crippen LogP contribution in [0, 0.1) is 18.7 Å². The maximum absolute atomic E-state index is 13.0. The van der Waals surface area contributed by atoms with Gasteiger partial charge in [-0.3, -0.25) is 9.48 Å². The normalized spacial score (nSPS) is 19.7. The van der Waals surface area contributed by atoms with E-state index < -0.39 is 11.7 Å². The molecule has 3 atom stereocenters. The molecule has 43 heavy (non-hydrogen) atoms. The Bertz CT molecular complexity index is 1710. The highest BCUT2D eigenvalue weighted by molar-refractivity contribution is 5.66. The summed E-state index contributed by atoms with van der Waals surface area (Å²) in [4.78, 5) is 17.8. The lowest BCUT2D eigenvalue weighted by atomic mass is 10.1. The molecule has 5 aromatic rings. The van der Waals surface area contributed by atoms with Crippen molar-refractivity contribution in [1.82, 2.24) is 24.1 Å². The highest BCUT2D eigenvalue weighted by atomic mass is 19.4. The zero-order valence-corrected chi connectivity index (χ0v) is 23.6. The molecule has 2 aromatic carbocycles. The second-order valence-electron chi connectivity index (χ2n) is 11.2. The van der Waals surface area contributed by atoms with Gasteiger partial charge in [-0.15, -0.1) is 0 Å². The smallest absolute Gasteiger partial charge is 0.337 e. The van der Waals surface area contributed by atoms with Gasteiger partial charge in [0, 0.05) is 35.3 Å². The topological polar surface area (TPSA) is 55.4 Å². The number of halogens is 4. The molecule has 10 heteroatoms. The van der Waals surface area contributed by atoms with Crippen LogP contribution >= 0.6 is 0 Å². The number of alkyl halides is 3. The van der Waals surface area contributed by atoms with Gasteiger partial charge in [0.1, 0.15) is 11.5 Å². The lowest BCUT2D eigenvalue weighted by molar-refractivity contribution is -0.137. The third kappa shape index (κ3) is 6.18. The first-order valence-electron chi connectivity index (χ1n) is 14.3. The molecule has 3 aromatic heterocycles. The van der Waals surface area contributed by atoms with Crippen LogP contribution in [0.15, 0.2) is 85.2 Å². The number of imidazole rings is 1. The first kappa shape index (κ1) is 28.6. The van der Waals surface area contributed by atoms with Gasteiger partial charge in [-0.1, -0.05) is 36.8 Å². The van der Waals surface area contributed by atoms with E-state index in [1.807, 2.05) is 59.1 Å². The van der Waals surface area contributed by atoms with E-state index in [4.69, 9.17) is 0 Å². The number of carbonyl (C=O) groups is 1. The first-order valence-corrected chi connectivity index (χ1v) is 14.3. The van der Waals surface area contributed by atoms with Crippen molar-refractivity contribution in [3.8, 4) is 22.5 Å². The van der Waals surface area contributed by atoms with Gasteiger partial charge in [-0.25, -0.2) is 9.37 Å².